The van der Waals surface area contributed by atoms with Gasteiger partial charge in [-0.05, 0) is 37.7 Å². The number of amides is 1. The highest BCUT2D eigenvalue weighted by Crippen LogP contribution is 2.25. The van der Waals surface area contributed by atoms with Crippen LogP contribution in [0.5, 0.6) is 0 Å². The summed E-state index contributed by atoms with van der Waals surface area (Å²) in [5.74, 6) is 0.557. The largest absolute Gasteiger partial charge is 0.381 e. The zero-order valence-corrected chi connectivity index (χ0v) is 12.5. The van der Waals surface area contributed by atoms with Crippen molar-refractivity contribution in [2.45, 2.75) is 38.3 Å². The Morgan fingerprint density at radius 2 is 2.25 bits per heavy atom. The fraction of sp³-hybridized carbons (Fsp3) is 0.769. The summed E-state index contributed by atoms with van der Waals surface area (Å²) in [7, 11) is 0. The lowest BCUT2D eigenvalue weighted by Gasteiger charge is -2.47. The van der Waals surface area contributed by atoms with Gasteiger partial charge in [-0.1, -0.05) is 0 Å². The fourth-order valence-corrected chi connectivity index (χ4v) is 3.44. The number of rotatable bonds is 4. The highest BCUT2D eigenvalue weighted by atomic mass is 32.1. The molecule has 1 atom stereocenters. The molecule has 1 N–H and O–H groups in total. The Bertz CT molecular complexity index is 473. The normalized spacial score (nSPS) is 24.4. The maximum Gasteiger partial charge on any atom is 0.281 e. The highest BCUT2D eigenvalue weighted by molar-refractivity contribution is 7.07. The Balaban J connectivity index is 1.47. The van der Waals surface area contributed by atoms with Crippen molar-refractivity contribution in [3.63, 3.8) is 0 Å². The number of aromatic nitrogens is 2. The third-order valence-electron chi connectivity index (χ3n) is 4.07. The van der Waals surface area contributed by atoms with E-state index in [1.807, 2.05) is 0 Å². The number of hydrogen-bond donors (Lipinski definition) is 1. The first kappa shape index (κ1) is 13.9. The molecule has 0 aromatic carbocycles. The SMILES string of the molecule is Cc1nsc(C(=O)NCC2CCN2C2CCOCC2)n1. The third kappa shape index (κ3) is 2.99. The average Bonchev–Trinajstić information content (AvgIpc) is 2.85. The molecule has 0 radical (unpaired) electrons. The van der Waals surface area contributed by atoms with E-state index in [1.165, 1.54) is 0 Å². The summed E-state index contributed by atoms with van der Waals surface area (Å²) in [6, 6.07) is 1.10. The van der Waals surface area contributed by atoms with Crippen LogP contribution in [0.15, 0.2) is 0 Å². The summed E-state index contributed by atoms with van der Waals surface area (Å²) in [6.07, 6.45) is 3.38. The van der Waals surface area contributed by atoms with Gasteiger partial charge < -0.3 is 10.1 Å². The molecule has 110 valence electrons. The van der Waals surface area contributed by atoms with E-state index in [4.69, 9.17) is 4.74 Å². The summed E-state index contributed by atoms with van der Waals surface area (Å²) >= 11 is 1.16. The van der Waals surface area contributed by atoms with Gasteiger partial charge in [-0.15, -0.1) is 0 Å². The standard InChI is InChI=1S/C13H20N4O2S/c1-9-15-13(20-16-9)12(18)14-8-11-2-5-17(11)10-3-6-19-7-4-10/h10-11H,2-8H2,1H3,(H,14,18). The van der Waals surface area contributed by atoms with Crippen molar-refractivity contribution >= 4 is 17.4 Å². The second-order valence-electron chi connectivity index (χ2n) is 5.38. The lowest BCUT2D eigenvalue weighted by atomic mass is 9.95. The van der Waals surface area contributed by atoms with E-state index in [2.05, 4.69) is 19.6 Å². The van der Waals surface area contributed by atoms with Crippen molar-refractivity contribution in [1.82, 2.24) is 19.6 Å². The minimum absolute atomic E-state index is 0.102. The number of likely N-dealkylation sites (tertiary alicyclic amines) is 1. The molecule has 1 aromatic rings. The smallest absolute Gasteiger partial charge is 0.281 e. The van der Waals surface area contributed by atoms with Crippen LogP contribution in [0, 0.1) is 6.92 Å². The van der Waals surface area contributed by atoms with Crippen LogP contribution in [-0.2, 0) is 4.74 Å². The monoisotopic (exact) mass is 296 g/mol. The second-order valence-corrected chi connectivity index (χ2v) is 6.13. The van der Waals surface area contributed by atoms with Crippen LogP contribution in [0.2, 0.25) is 0 Å². The van der Waals surface area contributed by atoms with Gasteiger partial charge in [0.15, 0.2) is 0 Å². The van der Waals surface area contributed by atoms with E-state index < -0.39 is 0 Å². The lowest BCUT2D eigenvalue weighted by molar-refractivity contribution is -0.0222. The summed E-state index contributed by atoms with van der Waals surface area (Å²) in [5.41, 5.74) is 0. The molecule has 7 heteroatoms. The molecule has 2 saturated heterocycles. The predicted octanol–water partition coefficient (Wildman–Crippen LogP) is 0.830. The topological polar surface area (TPSA) is 67.4 Å². The fourth-order valence-electron chi connectivity index (χ4n) is 2.85. The van der Waals surface area contributed by atoms with Gasteiger partial charge in [-0.25, -0.2) is 4.98 Å². The van der Waals surface area contributed by atoms with Crippen LogP contribution in [0.4, 0.5) is 0 Å². The Morgan fingerprint density at radius 1 is 1.45 bits per heavy atom. The number of carbonyl (C=O) groups is 1. The van der Waals surface area contributed by atoms with Crippen molar-refractivity contribution in [2.24, 2.45) is 0 Å². The highest BCUT2D eigenvalue weighted by Gasteiger charge is 2.34. The van der Waals surface area contributed by atoms with Crippen molar-refractivity contribution < 1.29 is 9.53 Å². The van der Waals surface area contributed by atoms with E-state index in [0.29, 0.717) is 29.5 Å². The van der Waals surface area contributed by atoms with Crippen LogP contribution in [0.1, 0.15) is 34.9 Å². The van der Waals surface area contributed by atoms with Crippen LogP contribution in [0.25, 0.3) is 0 Å². The molecule has 0 spiro atoms. The van der Waals surface area contributed by atoms with Gasteiger partial charge in [0.2, 0.25) is 5.01 Å². The molecular formula is C13H20N4O2S. The minimum Gasteiger partial charge on any atom is -0.381 e. The number of aryl methyl sites for hydroxylation is 1. The molecule has 0 bridgehead atoms. The molecular weight excluding hydrogens is 276 g/mol. The van der Waals surface area contributed by atoms with Crippen LogP contribution < -0.4 is 5.32 Å². The van der Waals surface area contributed by atoms with Gasteiger partial charge in [-0.3, -0.25) is 9.69 Å². The molecule has 6 nitrogen and oxygen atoms in total. The average molecular weight is 296 g/mol. The minimum atomic E-state index is -0.102. The van der Waals surface area contributed by atoms with Gasteiger partial charge in [0, 0.05) is 38.4 Å². The number of ether oxygens (including phenoxy) is 1. The van der Waals surface area contributed by atoms with Crippen LogP contribution in [0.3, 0.4) is 0 Å². The van der Waals surface area contributed by atoms with E-state index >= 15 is 0 Å². The zero-order chi connectivity index (χ0) is 13.9. The maximum absolute atomic E-state index is 11.9. The molecule has 1 unspecified atom stereocenters. The Hall–Kier alpha value is -1.05. The Kier molecular flexibility index (Phi) is 4.28. The lowest BCUT2D eigenvalue weighted by Crippen LogP contribution is -2.58. The van der Waals surface area contributed by atoms with Crippen molar-refractivity contribution in [3.05, 3.63) is 10.8 Å². The second kappa shape index (κ2) is 6.15. The number of nitrogens with zero attached hydrogens (tertiary/aromatic N) is 3. The number of carbonyl (C=O) groups excluding carboxylic acids is 1. The zero-order valence-electron chi connectivity index (χ0n) is 11.7. The van der Waals surface area contributed by atoms with E-state index in [0.717, 1.165) is 50.6 Å². The first-order valence-electron chi connectivity index (χ1n) is 7.16. The van der Waals surface area contributed by atoms with Gasteiger partial charge in [0.1, 0.15) is 5.82 Å². The summed E-state index contributed by atoms with van der Waals surface area (Å²) in [4.78, 5) is 18.6. The number of nitrogens with one attached hydrogen (secondary N) is 1. The molecule has 3 heterocycles. The molecule has 0 saturated carbocycles. The van der Waals surface area contributed by atoms with E-state index in [9.17, 15) is 4.79 Å². The summed E-state index contributed by atoms with van der Waals surface area (Å²) in [5, 5.41) is 3.44. The van der Waals surface area contributed by atoms with Gasteiger partial charge >= 0.3 is 0 Å². The molecule has 0 aliphatic carbocycles. The Labute approximate surface area is 122 Å². The molecule has 20 heavy (non-hydrogen) atoms. The van der Waals surface area contributed by atoms with E-state index in [-0.39, 0.29) is 5.91 Å². The van der Waals surface area contributed by atoms with Crippen molar-refractivity contribution in [1.29, 1.82) is 0 Å². The summed E-state index contributed by atoms with van der Waals surface area (Å²) < 4.78 is 9.43. The van der Waals surface area contributed by atoms with E-state index in [1.54, 1.807) is 6.92 Å². The maximum atomic E-state index is 11.9. The molecule has 3 rings (SSSR count). The number of hydrogen-bond acceptors (Lipinski definition) is 6. The molecule has 1 amide bonds. The van der Waals surface area contributed by atoms with Crippen LogP contribution >= 0.6 is 11.5 Å². The molecule has 2 aliphatic rings. The van der Waals surface area contributed by atoms with Gasteiger partial charge in [0.05, 0.1) is 0 Å². The molecule has 1 aromatic heterocycles. The quantitative estimate of drug-likeness (QED) is 0.891. The Morgan fingerprint density at radius 3 is 2.85 bits per heavy atom. The molecule has 2 aliphatic heterocycles. The first-order valence-corrected chi connectivity index (χ1v) is 7.93. The van der Waals surface area contributed by atoms with Gasteiger partial charge in [0.25, 0.3) is 5.91 Å². The summed E-state index contributed by atoms with van der Waals surface area (Å²) in [6.45, 7) is 5.37. The van der Waals surface area contributed by atoms with Crippen molar-refractivity contribution in [3.8, 4) is 0 Å². The van der Waals surface area contributed by atoms with Crippen LogP contribution in [-0.4, -0.2) is 58.6 Å². The van der Waals surface area contributed by atoms with Gasteiger partial charge in [-0.2, -0.15) is 4.37 Å². The molecule has 2 fully saturated rings. The predicted molar refractivity (Wildman–Crippen MR) is 75.9 cm³/mol. The first-order chi connectivity index (χ1) is 9.74. The third-order valence-corrected chi connectivity index (χ3v) is 4.87. The van der Waals surface area contributed by atoms with Crippen molar-refractivity contribution in [2.75, 3.05) is 26.3 Å².